The van der Waals surface area contributed by atoms with Crippen LogP contribution in [0.3, 0.4) is 0 Å². The van der Waals surface area contributed by atoms with Crippen LogP contribution in [0.15, 0.2) is 24.3 Å². The Balaban J connectivity index is 2.07. The van der Waals surface area contributed by atoms with Crippen molar-refractivity contribution in [2.24, 2.45) is 0 Å². The quantitative estimate of drug-likeness (QED) is 0.881. The van der Waals surface area contributed by atoms with E-state index in [1.165, 1.54) is 31.5 Å². The lowest BCUT2D eigenvalue weighted by Crippen LogP contribution is -2.52. The Morgan fingerprint density at radius 1 is 1.32 bits per heavy atom. The van der Waals surface area contributed by atoms with Gasteiger partial charge in [0.25, 0.3) is 0 Å². The standard InChI is InChI=1S/C16H26N2O/c1-4-19-15-7-5-6-14(12-15)13-16(17-2)8-10-18(3)11-9-16/h5-7,12,17H,4,8-11,13H2,1-3H3. The highest BCUT2D eigenvalue weighted by Crippen LogP contribution is 2.27. The predicted octanol–water partition coefficient (Wildman–Crippen LogP) is 2.31. The first-order chi connectivity index (χ1) is 9.17. The van der Waals surface area contributed by atoms with Crippen LogP contribution >= 0.6 is 0 Å². The van der Waals surface area contributed by atoms with Crippen molar-refractivity contribution in [3.63, 3.8) is 0 Å². The summed E-state index contributed by atoms with van der Waals surface area (Å²) in [7, 11) is 4.30. The molecule has 19 heavy (non-hydrogen) atoms. The maximum Gasteiger partial charge on any atom is 0.119 e. The molecule has 1 saturated heterocycles. The van der Waals surface area contributed by atoms with Crippen LogP contribution in [-0.4, -0.2) is 44.2 Å². The molecule has 3 nitrogen and oxygen atoms in total. The zero-order valence-electron chi connectivity index (χ0n) is 12.4. The molecule has 1 heterocycles. The molecule has 0 atom stereocenters. The Morgan fingerprint density at radius 3 is 2.68 bits per heavy atom. The molecule has 3 heteroatoms. The third-order valence-corrected chi connectivity index (χ3v) is 4.23. The van der Waals surface area contributed by atoms with E-state index >= 15 is 0 Å². The third kappa shape index (κ3) is 3.71. The molecule has 1 N–H and O–H groups in total. The highest BCUT2D eigenvalue weighted by Gasteiger charge is 2.32. The molecule has 0 bridgehead atoms. The maximum absolute atomic E-state index is 5.59. The lowest BCUT2D eigenvalue weighted by Gasteiger charge is -2.41. The molecule has 1 fully saturated rings. The Kier molecular flexibility index (Phi) is 4.83. The van der Waals surface area contributed by atoms with E-state index in [2.05, 4.69) is 42.5 Å². The summed E-state index contributed by atoms with van der Waals surface area (Å²) in [6, 6.07) is 8.52. The van der Waals surface area contributed by atoms with Gasteiger partial charge < -0.3 is 15.0 Å². The summed E-state index contributed by atoms with van der Waals surface area (Å²) in [5.74, 6) is 0.985. The summed E-state index contributed by atoms with van der Waals surface area (Å²) in [6.07, 6.45) is 3.50. The van der Waals surface area contributed by atoms with Crippen LogP contribution in [0.5, 0.6) is 5.75 Å². The molecule has 1 aliphatic heterocycles. The molecule has 2 rings (SSSR count). The molecule has 0 amide bonds. The predicted molar refractivity (Wildman–Crippen MR) is 79.8 cm³/mol. The molecule has 1 aromatic rings. The van der Waals surface area contributed by atoms with Crippen molar-refractivity contribution in [3.05, 3.63) is 29.8 Å². The molecule has 0 spiro atoms. The first-order valence-corrected chi connectivity index (χ1v) is 7.27. The topological polar surface area (TPSA) is 24.5 Å². The number of benzene rings is 1. The number of piperidine rings is 1. The Hall–Kier alpha value is -1.06. The Bertz CT molecular complexity index is 397. The van der Waals surface area contributed by atoms with Gasteiger partial charge in [-0.3, -0.25) is 0 Å². The van der Waals surface area contributed by atoms with Crippen molar-refractivity contribution < 1.29 is 4.74 Å². The lowest BCUT2D eigenvalue weighted by molar-refractivity contribution is 0.163. The van der Waals surface area contributed by atoms with Crippen LogP contribution in [0.4, 0.5) is 0 Å². The van der Waals surface area contributed by atoms with Crippen molar-refractivity contribution in [2.45, 2.75) is 31.7 Å². The first-order valence-electron chi connectivity index (χ1n) is 7.27. The molecule has 0 aliphatic carbocycles. The maximum atomic E-state index is 5.59. The zero-order chi connectivity index (χ0) is 13.7. The summed E-state index contributed by atoms with van der Waals surface area (Å²) in [5, 5.41) is 3.57. The van der Waals surface area contributed by atoms with E-state index in [0.29, 0.717) is 0 Å². The molecule has 106 valence electrons. The van der Waals surface area contributed by atoms with Gasteiger partial charge in [-0.1, -0.05) is 12.1 Å². The van der Waals surface area contributed by atoms with Gasteiger partial charge >= 0.3 is 0 Å². The minimum Gasteiger partial charge on any atom is -0.494 e. The minimum absolute atomic E-state index is 0.247. The van der Waals surface area contributed by atoms with Gasteiger partial charge in [-0.05, 0) is 71.1 Å². The van der Waals surface area contributed by atoms with E-state index in [0.717, 1.165) is 18.8 Å². The second-order valence-electron chi connectivity index (χ2n) is 5.59. The van der Waals surface area contributed by atoms with Crippen LogP contribution in [0.2, 0.25) is 0 Å². The molecule has 0 unspecified atom stereocenters. The second kappa shape index (κ2) is 6.40. The average Bonchev–Trinajstić information content (AvgIpc) is 2.43. The van der Waals surface area contributed by atoms with E-state index in [1.807, 2.05) is 13.0 Å². The Labute approximate surface area is 116 Å². The largest absolute Gasteiger partial charge is 0.494 e. The van der Waals surface area contributed by atoms with Crippen molar-refractivity contribution >= 4 is 0 Å². The normalized spacial score (nSPS) is 19.3. The summed E-state index contributed by atoms with van der Waals surface area (Å²) in [4.78, 5) is 2.41. The van der Waals surface area contributed by atoms with E-state index in [1.54, 1.807) is 0 Å². The molecule has 0 saturated carbocycles. The first kappa shape index (κ1) is 14.4. The van der Waals surface area contributed by atoms with Crippen molar-refractivity contribution in [3.8, 4) is 5.75 Å². The average molecular weight is 262 g/mol. The number of likely N-dealkylation sites (tertiary alicyclic amines) is 1. The lowest BCUT2D eigenvalue weighted by atomic mass is 9.82. The van der Waals surface area contributed by atoms with Crippen molar-refractivity contribution in [1.82, 2.24) is 10.2 Å². The fourth-order valence-electron chi connectivity index (χ4n) is 2.86. The van der Waals surface area contributed by atoms with Gasteiger partial charge in [0.15, 0.2) is 0 Å². The van der Waals surface area contributed by atoms with Crippen LogP contribution in [0.25, 0.3) is 0 Å². The van der Waals surface area contributed by atoms with Gasteiger partial charge in [-0.25, -0.2) is 0 Å². The summed E-state index contributed by atoms with van der Waals surface area (Å²) < 4.78 is 5.59. The van der Waals surface area contributed by atoms with Gasteiger partial charge in [0.2, 0.25) is 0 Å². The minimum atomic E-state index is 0.247. The fraction of sp³-hybridized carbons (Fsp3) is 0.625. The summed E-state index contributed by atoms with van der Waals surface area (Å²) >= 11 is 0. The van der Waals surface area contributed by atoms with E-state index in [9.17, 15) is 0 Å². The monoisotopic (exact) mass is 262 g/mol. The molecule has 0 aromatic heterocycles. The van der Waals surface area contributed by atoms with Crippen molar-refractivity contribution in [1.29, 1.82) is 0 Å². The Morgan fingerprint density at radius 2 is 2.05 bits per heavy atom. The molecule has 0 radical (unpaired) electrons. The van der Waals surface area contributed by atoms with Gasteiger partial charge in [0.1, 0.15) is 5.75 Å². The van der Waals surface area contributed by atoms with Crippen LogP contribution in [0, 0.1) is 0 Å². The second-order valence-corrected chi connectivity index (χ2v) is 5.59. The third-order valence-electron chi connectivity index (χ3n) is 4.23. The van der Waals surface area contributed by atoms with Crippen LogP contribution in [-0.2, 0) is 6.42 Å². The number of hydrogen-bond acceptors (Lipinski definition) is 3. The van der Waals surface area contributed by atoms with E-state index < -0.39 is 0 Å². The smallest absolute Gasteiger partial charge is 0.119 e. The molecule has 1 aliphatic rings. The molecule has 1 aromatic carbocycles. The number of ether oxygens (including phenoxy) is 1. The van der Waals surface area contributed by atoms with E-state index in [-0.39, 0.29) is 5.54 Å². The van der Waals surface area contributed by atoms with Crippen LogP contribution < -0.4 is 10.1 Å². The van der Waals surface area contributed by atoms with Gasteiger partial charge in [-0.2, -0.15) is 0 Å². The highest BCUT2D eigenvalue weighted by atomic mass is 16.5. The number of likely N-dealkylation sites (N-methyl/N-ethyl adjacent to an activating group) is 1. The fourth-order valence-corrected chi connectivity index (χ4v) is 2.86. The SMILES string of the molecule is CCOc1cccc(CC2(NC)CCN(C)CC2)c1. The number of nitrogens with one attached hydrogen (secondary N) is 1. The number of nitrogens with zero attached hydrogens (tertiary/aromatic N) is 1. The summed E-state index contributed by atoms with van der Waals surface area (Å²) in [6.45, 7) is 5.10. The highest BCUT2D eigenvalue weighted by molar-refractivity contribution is 5.30. The number of rotatable bonds is 5. The van der Waals surface area contributed by atoms with Gasteiger partial charge in [-0.15, -0.1) is 0 Å². The summed E-state index contributed by atoms with van der Waals surface area (Å²) in [5.41, 5.74) is 1.61. The molecular weight excluding hydrogens is 236 g/mol. The zero-order valence-corrected chi connectivity index (χ0v) is 12.4. The molecular formula is C16H26N2O. The van der Waals surface area contributed by atoms with Crippen molar-refractivity contribution in [2.75, 3.05) is 33.8 Å². The van der Waals surface area contributed by atoms with Crippen LogP contribution in [0.1, 0.15) is 25.3 Å². The van der Waals surface area contributed by atoms with Gasteiger partial charge in [0.05, 0.1) is 6.61 Å². The van der Waals surface area contributed by atoms with E-state index in [4.69, 9.17) is 4.74 Å². The van der Waals surface area contributed by atoms with Gasteiger partial charge in [0, 0.05) is 5.54 Å². The number of hydrogen-bond donors (Lipinski definition) is 1.